The van der Waals surface area contributed by atoms with Gasteiger partial charge in [-0.15, -0.1) is 0 Å². The van der Waals surface area contributed by atoms with Gasteiger partial charge in [0, 0.05) is 23.9 Å². The van der Waals surface area contributed by atoms with E-state index in [0.29, 0.717) is 18.4 Å². The maximum absolute atomic E-state index is 11.0. The minimum Gasteiger partial charge on any atom is -0.453 e. The first-order valence-corrected chi connectivity index (χ1v) is 10.3. The zero-order valence-electron chi connectivity index (χ0n) is 18.0. The molecule has 0 aliphatic heterocycles. The van der Waals surface area contributed by atoms with Crippen molar-refractivity contribution in [3.8, 4) is 0 Å². The molecule has 6 nitrogen and oxygen atoms in total. The zero-order valence-corrected chi connectivity index (χ0v) is 18.0. The van der Waals surface area contributed by atoms with Crippen molar-refractivity contribution in [3.63, 3.8) is 0 Å². The normalized spacial score (nSPS) is 11.2. The van der Waals surface area contributed by atoms with Crippen LogP contribution in [0.25, 0.3) is 0 Å². The fourth-order valence-corrected chi connectivity index (χ4v) is 2.78. The van der Waals surface area contributed by atoms with Crippen molar-refractivity contribution < 1.29 is 18.6 Å². The van der Waals surface area contributed by atoms with Gasteiger partial charge in [0.05, 0.1) is 7.11 Å². The van der Waals surface area contributed by atoms with Gasteiger partial charge in [0.15, 0.2) is 0 Å². The van der Waals surface area contributed by atoms with Crippen LogP contribution in [0.3, 0.4) is 0 Å². The third-order valence-electron chi connectivity index (χ3n) is 4.28. The van der Waals surface area contributed by atoms with Crippen molar-refractivity contribution in [2.45, 2.75) is 79.6 Å². The van der Waals surface area contributed by atoms with Crippen LogP contribution in [0.1, 0.15) is 83.8 Å². The van der Waals surface area contributed by atoms with Gasteiger partial charge in [-0.1, -0.05) is 53.4 Å². The number of methoxy groups -OCH3 is 1. The van der Waals surface area contributed by atoms with E-state index in [0.717, 1.165) is 19.5 Å². The second-order valence-electron chi connectivity index (χ2n) is 6.62. The van der Waals surface area contributed by atoms with Crippen LogP contribution >= 0.6 is 0 Å². The van der Waals surface area contributed by atoms with E-state index in [9.17, 15) is 9.59 Å². The summed E-state index contributed by atoms with van der Waals surface area (Å²) in [6, 6.07) is -0.0444. The lowest BCUT2D eigenvalue weighted by atomic mass is 9.98. The van der Waals surface area contributed by atoms with E-state index < -0.39 is 0 Å². The van der Waals surface area contributed by atoms with E-state index >= 15 is 0 Å². The Morgan fingerprint density at radius 1 is 0.808 bits per heavy atom. The summed E-state index contributed by atoms with van der Waals surface area (Å²) in [6.07, 6.45) is 7.91. The second kappa shape index (κ2) is 19.9. The first-order valence-electron chi connectivity index (χ1n) is 10.3. The fraction of sp³-hybridized carbons (Fsp3) is 0.900. The Morgan fingerprint density at radius 3 is 1.73 bits per heavy atom. The number of hydrogen-bond acceptors (Lipinski definition) is 3. The predicted molar refractivity (Wildman–Crippen MR) is 116 cm³/mol. The molecular weight excluding hydrogens is 330 g/mol. The molecule has 0 spiro atoms. The van der Waals surface area contributed by atoms with Gasteiger partial charge in [-0.25, -0.2) is 9.59 Å². The monoisotopic (exact) mass is 379 g/mol. The minimum atomic E-state index is -0.322. The van der Waals surface area contributed by atoms with Crippen molar-refractivity contribution in [3.05, 3.63) is 0 Å². The first-order chi connectivity index (χ1) is 12.5. The largest absolute Gasteiger partial charge is 0.453 e. The van der Waals surface area contributed by atoms with Gasteiger partial charge in [0.2, 0.25) is 0 Å². The summed E-state index contributed by atoms with van der Waals surface area (Å²) in [5, 5.41) is 8.33. The SMILES string of the molecule is CCCC(CC)CNC(=O)NCC.CCCC(CCC)CNC(=O)OC.[HH].[HH].[HH]. The van der Waals surface area contributed by atoms with Gasteiger partial charge in [0.1, 0.15) is 0 Å². The standard InChI is InChI=1S/C10H22N2O.C10H21NO2.3H2/c1-4-7-9(5-2)8-12-10(13)11-6-3;1-4-6-9(7-5-2)8-11-10(12)13-3;;;/h9H,4-8H2,1-3H3,(H2,11,12,13);9H,4-8H2,1-3H3,(H,11,12);3*1H. The number of nitrogens with one attached hydrogen (secondary N) is 3. The average molecular weight is 380 g/mol. The number of amides is 3. The van der Waals surface area contributed by atoms with E-state index in [1.54, 1.807) is 0 Å². The lowest BCUT2D eigenvalue weighted by Crippen LogP contribution is -2.37. The van der Waals surface area contributed by atoms with Crippen LogP contribution in [0.15, 0.2) is 0 Å². The lowest BCUT2D eigenvalue weighted by Gasteiger charge is -2.15. The maximum atomic E-state index is 11.0. The molecule has 0 aliphatic rings. The number of rotatable bonds is 12. The molecule has 0 aliphatic carbocycles. The predicted octanol–water partition coefficient (Wildman–Crippen LogP) is 5.43. The van der Waals surface area contributed by atoms with Crippen molar-refractivity contribution in [2.75, 3.05) is 26.7 Å². The quantitative estimate of drug-likeness (QED) is 0.423. The van der Waals surface area contributed by atoms with Crippen LogP contribution in [-0.2, 0) is 4.74 Å². The Balaban J connectivity index is -0.000000120. The topological polar surface area (TPSA) is 79.5 Å². The van der Waals surface area contributed by atoms with Gasteiger partial charge in [-0.05, 0) is 38.0 Å². The molecular formula is C20H49N3O3. The molecule has 0 bridgehead atoms. The Hall–Kier alpha value is -1.46. The van der Waals surface area contributed by atoms with Crippen LogP contribution in [0.2, 0.25) is 0 Å². The molecule has 1 atom stereocenters. The highest BCUT2D eigenvalue weighted by atomic mass is 16.5. The highest BCUT2D eigenvalue weighted by Crippen LogP contribution is 2.12. The van der Waals surface area contributed by atoms with E-state index in [2.05, 4.69) is 48.4 Å². The van der Waals surface area contributed by atoms with Crippen LogP contribution < -0.4 is 16.0 Å². The van der Waals surface area contributed by atoms with E-state index in [1.165, 1.54) is 45.6 Å². The summed E-state index contributed by atoms with van der Waals surface area (Å²) in [5.41, 5.74) is 0. The molecule has 0 aromatic rings. The van der Waals surface area contributed by atoms with Crippen LogP contribution in [0.5, 0.6) is 0 Å². The summed E-state index contributed by atoms with van der Waals surface area (Å²) in [6.45, 7) is 12.8. The Kier molecular flexibility index (Phi) is 20.4. The summed E-state index contributed by atoms with van der Waals surface area (Å²) < 4.78 is 4.51. The number of carbonyl (C=O) groups excluding carboxylic acids is 2. The highest BCUT2D eigenvalue weighted by molar-refractivity contribution is 5.73. The number of alkyl carbamates (subject to hydrolysis) is 1. The molecule has 0 aromatic heterocycles. The number of carbonyl (C=O) groups is 2. The van der Waals surface area contributed by atoms with E-state index in [1.807, 2.05) is 6.92 Å². The van der Waals surface area contributed by atoms with Gasteiger partial charge < -0.3 is 20.7 Å². The van der Waals surface area contributed by atoms with Gasteiger partial charge >= 0.3 is 12.1 Å². The molecule has 0 rings (SSSR count). The van der Waals surface area contributed by atoms with Crippen molar-refractivity contribution in [2.24, 2.45) is 11.8 Å². The van der Waals surface area contributed by atoms with Crippen molar-refractivity contribution in [1.29, 1.82) is 0 Å². The molecule has 26 heavy (non-hydrogen) atoms. The average Bonchev–Trinajstić information content (AvgIpc) is 2.64. The third kappa shape index (κ3) is 17.4. The highest BCUT2D eigenvalue weighted by Gasteiger charge is 2.08. The van der Waals surface area contributed by atoms with Crippen LogP contribution in [0, 0.1) is 11.8 Å². The van der Waals surface area contributed by atoms with E-state index in [-0.39, 0.29) is 16.4 Å². The smallest absolute Gasteiger partial charge is 0.406 e. The molecule has 3 N–H and O–H groups in total. The van der Waals surface area contributed by atoms with Crippen molar-refractivity contribution >= 4 is 12.1 Å². The summed E-state index contributed by atoms with van der Waals surface area (Å²) in [4.78, 5) is 21.8. The third-order valence-corrected chi connectivity index (χ3v) is 4.28. The van der Waals surface area contributed by atoms with Crippen molar-refractivity contribution in [1.82, 2.24) is 16.0 Å². The molecule has 0 saturated heterocycles. The van der Waals surface area contributed by atoms with Gasteiger partial charge in [-0.3, -0.25) is 0 Å². The first kappa shape index (κ1) is 26.8. The Morgan fingerprint density at radius 2 is 1.31 bits per heavy atom. The second-order valence-corrected chi connectivity index (χ2v) is 6.62. The molecule has 0 fully saturated rings. The number of hydrogen-bond donors (Lipinski definition) is 3. The molecule has 6 heteroatoms. The maximum Gasteiger partial charge on any atom is 0.406 e. The molecule has 0 heterocycles. The molecule has 0 radical (unpaired) electrons. The minimum absolute atomic E-state index is 0. The Bertz CT molecular complexity index is 346. The van der Waals surface area contributed by atoms with Gasteiger partial charge in [-0.2, -0.15) is 0 Å². The number of ether oxygens (including phenoxy) is 1. The van der Waals surface area contributed by atoms with Gasteiger partial charge in [0.25, 0.3) is 0 Å². The molecule has 3 amide bonds. The zero-order chi connectivity index (χ0) is 20.2. The Labute approximate surface area is 165 Å². The van der Waals surface area contributed by atoms with E-state index in [4.69, 9.17) is 0 Å². The molecule has 0 aromatic carbocycles. The fourth-order valence-electron chi connectivity index (χ4n) is 2.78. The van der Waals surface area contributed by atoms with Crippen LogP contribution in [-0.4, -0.2) is 38.9 Å². The molecule has 162 valence electrons. The summed E-state index contributed by atoms with van der Waals surface area (Å²) in [7, 11) is 1.39. The summed E-state index contributed by atoms with van der Waals surface area (Å²) in [5.74, 6) is 1.24. The molecule has 0 saturated carbocycles. The lowest BCUT2D eigenvalue weighted by molar-refractivity contribution is 0.168. The summed E-state index contributed by atoms with van der Waals surface area (Å²) >= 11 is 0. The molecule has 1 unspecified atom stereocenters. The van der Waals surface area contributed by atoms with Crippen LogP contribution in [0.4, 0.5) is 9.59 Å². The number of urea groups is 1.